The molecule has 0 saturated heterocycles. The van der Waals surface area contributed by atoms with Gasteiger partial charge in [0, 0.05) is 17.7 Å². The first-order valence-electron chi connectivity index (χ1n) is 5.67. The molecular weight excluding hydrogens is 218 g/mol. The number of rotatable bonds is 4. The summed E-state index contributed by atoms with van der Waals surface area (Å²) in [4.78, 5) is 4.43. The molecular formula is C14H20ClN. The van der Waals surface area contributed by atoms with Crippen LogP contribution in [0.5, 0.6) is 0 Å². The Morgan fingerprint density at radius 1 is 1.19 bits per heavy atom. The van der Waals surface area contributed by atoms with Gasteiger partial charge in [-0.3, -0.25) is 4.99 Å². The lowest BCUT2D eigenvalue weighted by molar-refractivity contribution is 0.510. The largest absolute Gasteiger partial charge is 0.294 e. The highest BCUT2D eigenvalue weighted by atomic mass is 35.5. The molecule has 0 fully saturated rings. The third-order valence-corrected chi connectivity index (χ3v) is 3.27. The lowest BCUT2D eigenvalue weighted by Gasteiger charge is -2.26. The van der Waals surface area contributed by atoms with E-state index in [1.807, 2.05) is 24.4 Å². The second-order valence-electron chi connectivity index (χ2n) is 4.97. The van der Waals surface area contributed by atoms with Gasteiger partial charge in [-0.1, -0.05) is 44.2 Å². The van der Waals surface area contributed by atoms with Gasteiger partial charge in [0.25, 0.3) is 0 Å². The SMILES string of the molecule is CC(C)N=CC(C)(C)C(Cl)c1ccccc1. The zero-order chi connectivity index (χ0) is 12.2. The Kier molecular flexibility index (Phi) is 4.55. The van der Waals surface area contributed by atoms with Crippen molar-refractivity contribution in [1.29, 1.82) is 0 Å². The molecule has 0 saturated carbocycles. The summed E-state index contributed by atoms with van der Waals surface area (Å²) in [6.07, 6.45) is 1.97. The minimum Gasteiger partial charge on any atom is -0.294 e. The van der Waals surface area contributed by atoms with Crippen LogP contribution < -0.4 is 0 Å². The average Bonchev–Trinajstić information content (AvgIpc) is 2.27. The Morgan fingerprint density at radius 3 is 2.25 bits per heavy atom. The summed E-state index contributed by atoms with van der Waals surface area (Å²) in [7, 11) is 0. The number of benzene rings is 1. The summed E-state index contributed by atoms with van der Waals surface area (Å²) in [5.41, 5.74) is 1.01. The van der Waals surface area contributed by atoms with Gasteiger partial charge in [0.2, 0.25) is 0 Å². The van der Waals surface area contributed by atoms with Gasteiger partial charge in [-0.25, -0.2) is 0 Å². The van der Waals surface area contributed by atoms with Crippen LogP contribution in [0.25, 0.3) is 0 Å². The standard InChI is InChI=1S/C14H20ClN/c1-11(2)16-10-14(3,4)13(15)12-8-6-5-7-9-12/h5-11,13H,1-4H3. The number of aliphatic imine (C=N–C) groups is 1. The predicted octanol–water partition coefficient (Wildman–Crippen LogP) is 4.47. The fourth-order valence-electron chi connectivity index (χ4n) is 1.46. The van der Waals surface area contributed by atoms with E-state index in [0.29, 0.717) is 6.04 Å². The molecule has 1 rings (SSSR count). The number of hydrogen-bond donors (Lipinski definition) is 0. The molecule has 1 nitrogen and oxygen atoms in total. The molecule has 88 valence electrons. The summed E-state index contributed by atoms with van der Waals surface area (Å²) in [6.45, 7) is 8.36. The molecule has 1 atom stereocenters. The van der Waals surface area contributed by atoms with Crippen molar-refractivity contribution in [2.45, 2.75) is 39.1 Å². The highest BCUT2D eigenvalue weighted by Gasteiger charge is 2.27. The maximum atomic E-state index is 6.49. The third-order valence-electron chi connectivity index (χ3n) is 2.45. The minimum absolute atomic E-state index is 0.0452. The fraction of sp³-hybridized carbons (Fsp3) is 0.500. The fourth-order valence-corrected chi connectivity index (χ4v) is 1.66. The van der Waals surface area contributed by atoms with Gasteiger partial charge in [-0.2, -0.15) is 0 Å². The molecule has 0 aromatic heterocycles. The first kappa shape index (κ1) is 13.2. The van der Waals surface area contributed by atoms with E-state index in [1.165, 1.54) is 0 Å². The lowest BCUT2D eigenvalue weighted by atomic mass is 9.86. The van der Waals surface area contributed by atoms with Crippen molar-refractivity contribution in [3.63, 3.8) is 0 Å². The van der Waals surface area contributed by atoms with Gasteiger partial charge in [0.15, 0.2) is 0 Å². The lowest BCUT2D eigenvalue weighted by Crippen LogP contribution is -2.20. The van der Waals surface area contributed by atoms with E-state index in [0.717, 1.165) is 5.56 Å². The highest BCUT2D eigenvalue weighted by molar-refractivity contribution is 6.22. The molecule has 0 heterocycles. The third kappa shape index (κ3) is 3.64. The Morgan fingerprint density at radius 2 is 1.75 bits per heavy atom. The van der Waals surface area contributed by atoms with Gasteiger partial charge in [0.05, 0.1) is 5.38 Å². The first-order valence-corrected chi connectivity index (χ1v) is 6.10. The molecule has 1 aromatic rings. The van der Waals surface area contributed by atoms with Crippen LogP contribution >= 0.6 is 11.6 Å². The van der Waals surface area contributed by atoms with E-state index in [4.69, 9.17) is 11.6 Å². The number of nitrogens with zero attached hydrogens (tertiary/aromatic N) is 1. The first-order chi connectivity index (χ1) is 7.43. The maximum Gasteiger partial charge on any atom is 0.0685 e. The van der Waals surface area contributed by atoms with Crippen LogP contribution in [0, 0.1) is 5.41 Å². The Labute approximate surface area is 104 Å². The van der Waals surface area contributed by atoms with Crippen molar-refractivity contribution < 1.29 is 0 Å². The number of alkyl halides is 1. The van der Waals surface area contributed by atoms with E-state index in [9.17, 15) is 0 Å². The van der Waals surface area contributed by atoms with Crippen LogP contribution in [0.4, 0.5) is 0 Å². The summed E-state index contributed by atoms with van der Waals surface area (Å²) in [5, 5.41) is -0.0452. The molecule has 0 aliphatic rings. The smallest absolute Gasteiger partial charge is 0.0685 e. The number of halogens is 1. The maximum absolute atomic E-state index is 6.49. The topological polar surface area (TPSA) is 12.4 Å². The van der Waals surface area contributed by atoms with E-state index >= 15 is 0 Å². The Hall–Kier alpha value is -0.820. The van der Waals surface area contributed by atoms with E-state index < -0.39 is 0 Å². The van der Waals surface area contributed by atoms with Crippen molar-refractivity contribution >= 4 is 17.8 Å². The summed E-state index contributed by atoms with van der Waals surface area (Å²) in [6, 6.07) is 10.5. The van der Waals surface area contributed by atoms with Crippen LogP contribution in [-0.4, -0.2) is 12.3 Å². The molecule has 1 unspecified atom stereocenters. The zero-order valence-electron chi connectivity index (χ0n) is 10.4. The predicted molar refractivity (Wildman–Crippen MR) is 72.4 cm³/mol. The quantitative estimate of drug-likeness (QED) is 0.541. The van der Waals surface area contributed by atoms with Gasteiger partial charge in [-0.05, 0) is 19.4 Å². The molecule has 0 aliphatic heterocycles. The van der Waals surface area contributed by atoms with Crippen LogP contribution in [0.15, 0.2) is 35.3 Å². The van der Waals surface area contributed by atoms with E-state index in [2.05, 4.69) is 44.8 Å². The molecule has 0 N–H and O–H groups in total. The van der Waals surface area contributed by atoms with Gasteiger partial charge < -0.3 is 0 Å². The van der Waals surface area contributed by atoms with Crippen LogP contribution in [-0.2, 0) is 0 Å². The average molecular weight is 238 g/mol. The second kappa shape index (κ2) is 5.49. The van der Waals surface area contributed by atoms with Gasteiger partial charge >= 0.3 is 0 Å². The molecule has 0 aliphatic carbocycles. The molecule has 0 bridgehead atoms. The van der Waals surface area contributed by atoms with Crippen LogP contribution in [0.2, 0.25) is 0 Å². The van der Waals surface area contributed by atoms with Crippen LogP contribution in [0.1, 0.15) is 38.6 Å². The van der Waals surface area contributed by atoms with Crippen molar-refractivity contribution in [1.82, 2.24) is 0 Å². The van der Waals surface area contributed by atoms with Gasteiger partial charge in [0.1, 0.15) is 0 Å². The molecule has 0 radical (unpaired) electrons. The van der Waals surface area contributed by atoms with Crippen molar-refractivity contribution in [3.8, 4) is 0 Å². The molecule has 0 spiro atoms. The van der Waals surface area contributed by atoms with Crippen molar-refractivity contribution in [3.05, 3.63) is 35.9 Å². The molecule has 1 aromatic carbocycles. The summed E-state index contributed by atoms with van der Waals surface area (Å²) >= 11 is 6.49. The second-order valence-corrected chi connectivity index (χ2v) is 5.40. The minimum atomic E-state index is -0.132. The van der Waals surface area contributed by atoms with E-state index in [1.54, 1.807) is 0 Å². The molecule has 2 heteroatoms. The van der Waals surface area contributed by atoms with Crippen molar-refractivity contribution in [2.24, 2.45) is 10.4 Å². The normalized spacial score (nSPS) is 14.6. The van der Waals surface area contributed by atoms with Gasteiger partial charge in [-0.15, -0.1) is 11.6 Å². The summed E-state index contributed by atoms with van der Waals surface area (Å²) < 4.78 is 0. The monoisotopic (exact) mass is 237 g/mol. The summed E-state index contributed by atoms with van der Waals surface area (Å²) in [5.74, 6) is 0. The van der Waals surface area contributed by atoms with E-state index in [-0.39, 0.29) is 10.8 Å². The number of hydrogen-bond acceptors (Lipinski definition) is 1. The Balaban J connectivity index is 2.84. The highest BCUT2D eigenvalue weighted by Crippen LogP contribution is 2.37. The zero-order valence-corrected chi connectivity index (χ0v) is 11.2. The molecule has 0 amide bonds. The van der Waals surface area contributed by atoms with Crippen LogP contribution in [0.3, 0.4) is 0 Å². The Bertz CT molecular complexity index is 341. The van der Waals surface area contributed by atoms with Crippen molar-refractivity contribution in [2.75, 3.05) is 0 Å². The molecule has 16 heavy (non-hydrogen) atoms.